The molecule has 0 bridgehead atoms. The lowest BCUT2D eigenvalue weighted by atomic mass is 10.3. The average molecular weight is 324 g/mol. The molecule has 0 aliphatic carbocycles. The number of imidazole rings is 1. The molecule has 3 rings (SSSR count). The molecule has 1 fully saturated rings. The monoisotopic (exact) mass is 324 g/mol. The minimum absolute atomic E-state index is 0.0992. The number of carbonyl (C=O) groups is 1. The van der Waals surface area contributed by atoms with Gasteiger partial charge in [0.2, 0.25) is 0 Å². The second-order valence-corrected chi connectivity index (χ2v) is 5.64. The Morgan fingerprint density at radius 2 is 2.26 bits per heavy atom. The molecule has 8 heteroatoms. The van der Waals surface area contributed by atoms with Gasteiger partial charge in [-0.25, -0.2) is 18.6 Å². The van der Waals surface area contributed by atoms with Gasteiger partial charge in [0.25, 0.3) is 5.92 Å². The van der Waals surface area contributed by atoms with Crippen LogP contribution in [0.3, 0.4) is 0 Å². The number of aromatic amines is 1. The van der Waals surface area contributed by atoms with Gasteiger partial charge in [-0.3, -0.25) is 0 Å². The largest absolute Gasteiger partial charge is 0.373 e. The van der Waals surface area contributed by atoms with Gasteiger partial charge in [-0.05, 0) is 19.1 Å². The molecule has 2 aromatic rings. The van der Waals surface area contributed by atoms with Crippen molar-refractivity contribution in [2.45, 2.75) is 18.9 Å². The molecule has 0 saturated carbocycles. The Morgan fingerprint density at radius 1 is 1.48 bits per heavy atom. The van der Waals surface area contributed by atoms with Crippen LogP contribution < -0.4 is 5.32 Å². The summed E-state index contributed by atoms with van der Waals surface area (Å²) >= 11 is 0. The van der Waals surface area contributed by atoms with E-state index in [1.165, 1.54) is 0 Å². The van der Waals surface area contributed by atoms with Crippen LogP contribution in [0.4, 0.5) is 13.6 Å². The number of halogens is 2. The molecule has 124 valence electrons. The van der Waals surface area contributed by atoms with Crippen LogP contribution in [0.1, 0.15) is 18.8 Å². The van der Waals surface area contributed by atoms with E-state index in [2.05, 4.69) is 15.3 Å². The Labute approximate surface area is 131 Å². The molecule has 23 heavy (non-hydrogen) atoms. The van der Waals surface area contributed by atoms with Gasteiger partial charge in [0.1, 0.15) is 12.4 Å². The highest BCUT2D eigenvalue weighted by Gasteiger charge is 2.36. The van der Waals surface area contributed by atoms with Gasteiger partial charge in [0, 0.05) is 6.54 Å². The van der Waals surface area contributed by atoms with Crippen molar-refractivity contribution in [1.82, 2.24) is 20.2 Å². The number of hydrogen-bond donors (Lipinski definition) is 2. The lowest BCUT2D eigenvalue weighted by molar-refractivity contribution is -0.0652. The number of aromatic nitrogens is 2. The summed E-state index contributed by atoms with van der Waals surface area (Å²) in [6.45, 7) is 0.681. The number of fused-ring (bicyclic) bond motifs is 1. The Bertz CT molecular complexity index is 671. The number of amides is 2. The maximum Gasteiger partial charge on any atom is 0.318 e. The number of rotatable bonds is 2. The minimum Gasteiger partial charge on any atom is -0.373 e. The molecule has 1 aromatic carbocycles. The van der Waals surface area contributed by atoms with E-state index in [4.69, 9.17) is 4.74 Å². The molecule has 1 atom stereocenters. The first-order chi connectivity index (χ1) is 10.9. The molecule has 2 heterocycles. The number of nitrogens with one attached hydrogen (secondary N) is 2. The summed E-state index contributed by atoms with van der Waals surface area (Å²) in [5, 5.41) is 2.70. The normalized spacial score (nSPS) is 19.3. The summed E-state index contributed by atoms with van der Waals surface area (Å²) in [5.41, 5.74) is 1.65. The SMILES string of the molecule is CC(NC(=O)N1CCOCC(F)(F)C1)c1nc2ccccc2[nH]1. The van der Waals surface area contributed by atoms with Crippen LogP contribution in [-0.4, -0.2) is 53.1 Å². The van der Waals surface area contributed by atoms with E-state index in [1.54, 1.807) is 6.92 Å². The number of nitrogens with zero attached hydrogens (tertiary/aromatic N) is 2. The van der Waals surface area contributed by atoms with E-state index in [9.17, 15) is 13.6 Å². The first kappa shape index (κ1) is 15.7. The minimum atomic E-state index is -3.03. The maximum atomic E-state index is 13.5. The van der Waals surface area contributed by atoms with Crippen LogP contribution in [0.2, 0.25) is 0 Å². The third-order valence-corrected chi connectivity index (χ3v) is 3.69. The summed E-state index contributed by atoms with van der Waals surface area (Å²) in [5.74, 6) is -2.45. The quantitative estimate of drug-likeness (QED) is 0.890. The third-order valence-electron chi connectivity index (χ3n) is 3.69. The van der Waals surface area contributed by atoms with Crippen molar-refractivity contribution in [3.63, 3.8) is 0 Å². The second kappa shape index (κ2) is 6.11. The fourth-order valence-corrected chi connectivity index (χ4v) is 2.50. The molecule has 1 saturated heterocycles. The van der Waals surface area contributed by atoms with Gasteiger partial charge in [-0.1, -0.05) is 12.1 Å². The van der Waals surface area contributed by atoms with Gasteiger partial charge in [0.05, 0.1) is 30.2 Å². The molecule has 0 radical (unpaired) electrons. The summed E-state index contributed by atoms with van der Waals surface area (Å²) in [6.07, 6.45) is 0. The molecule has 1 aliphatic heterocycles. The molecular weight excluding hydrogens is 306 g/mol. The first-order valence-electron chi connectivity index (χ1n) is 7.40. The van der Waals surface area contributed by atoms with Crippen molar-refractivity contribution in [1.29, 1.82) is 0 Å². The average Bonchev–Trinajstić information content (AvgIpc) is 2.85. The van der Waals surface area contributed by atoms with Gasteiger partial charge in [0.15, 0.2) is 0 Å². The molecule has 6 nitrogen and oxygen atoms in total. The van der Waals surface area contributed by atoms with Gasteiger partial charge >= 0.3 is 6.03 Å². The number of para-hydroxylation sites is 2. The van der Waals surface area contributed by atoms with Crippen LogP contribution in [0.15, 0.2) is 24.3 Å². The van der Waals surface area contributed by atoms with Crippen molar-refractivity contribution in [2.24, 2.45) is 0 Å². The van der Waals surface area contributed by atoms with E-state index in [0.29, 0.717) is 5.82 Å². The summed E-state index contributed by atoms with van der Waals surface area (Å²) in [7, 11) is 0. The molecule has 2 amide bonds. The fourth-order valence-electron chi connectivity index (χ4n) is 2.50. The summed E-state index contributed by atoms with van der Waals surface area (Å²) in [6, 6.07) is 6.52. The predicted octanol–water partition coefficient (Wildman–Crippen LogP) is 2.30. The number of alkyl halides is 2. The molecule has 1 unspecified atom stereocenters. The van der Waals surface area contributed by atoms with Crippen LogP contribution >= 0.6 is 0 Å². The van der Waals surface area contributed by atoms with Crippen molar-refractivity contribution < 1.29 is 18.3 Å². The standard InChI is InChI=1S/C15H18F2N4O2/c1-10(13-19-11-4-2-3-5-12(11)20-13)18-14(22)21-6-7-23-9-15(16,17)8-21/h2-5,10H,6-9H2,1H3,(H,18,22)(H,19,20). The Hall–Kier alpha value is -2.22. The highest BCUT2D eigenvalue weighted by Crippen LogP contribution is 2.20. The lowest BCUT2D eigenvalue weighted by Gasteiger charge is -2.25. The highest BCUT2D eigenvalue weighted by molar-refractivity contribution is 5.76. The summed E-state index contributed by atoms with van der Waals surface area (Å²) in [4.78, 5) is 20.8. The first-order valence-corrected chi connectivity index (χ1v) is 7.40. The zero-order valence-corrected chi connectivity index (χ0v) is 12.7. The molecule has 1 aliphatic rings. The molecule has 0 spiro atoms. The fraction of sp³-hybridized carbons (Fsp3) is 0.467. The highest BCUT2D eigenvalue weighted by atomic mass is 19.3. The van der Waals surface area contributed by atoms with Crippen LogP contribution in [0.25, 0.3) is 11.0 Å². The topological polar surface area (TPSA) is 70.2 Å². The van der Waals surface area contributed by atoms with Crippen molar-refractivity contribution >= 4 is 17.1 Å². The third kappa shape index (κ3) is 3.58. The van der Waals surface area contributed by atoms with E-state index >= 15 is 0 Å². The number of urea groups is 1. The van der Waals surface area contributed by atoms with Crippen molar-refractivity contribution in [2.75, 3.05) is 26.3 Å². The van der Waals surface area contributed by atoms with Crippen LogP contribution in [0.5, 0.6) is 0 Å². The van der Waals surface area contributed by atoms with Crippen LogP contribution in [0, 0.1) is 0 Å². The van der Waals surface area contributed by atoms with Gasteiger partial charge < -0.3 is 19.9 Å². The molecule has 1 aromatic heterocycles. The number of ether oxygens (including phenoxy) is 1. The van der Waals surface area contributed by atoms with E-state index in [-0.39, 0.29) is 13.2 Å². The van der Waals surface area contributed by atoms with Gasteiger partial charge in [-0.15, -0.1) is 0 Å². The zero-order valence-electron chi connectivity index (χ0n) is 12.7. The lowest BCUT2D eigenvalue weighted by Crippen LogP contribution is -2.46. The number of hydrogen-bond acceptors (Lipinski definition) is 3. The van der Waals surface area contributed by atoms with Crippen molar-refractivity contribution in [3.05, 3.63) is 30.1 Å². The van der Waals surface area contributed by atoms with E-state index < -0.39 is 31.1 Å². The Balaban J connectivity index is 1.68. The van der Waals surface area contributed by atoms with Crippen molar-refractivity contribution in [3.8, 4) is 0 Å². The molecular formula is C15H18F2N4O2. The zero-order chi connectivity index (χ0) is 16.4. The second-order valence-electron chi connectivity index (χ2n) is 5.64. The van der Waals surface area contributed by atoms with Gasteiger partial charge in [-0.2, -0.15) is 0 Å². The Kier molecular flexibility index (Phi) is 4.16. The number of carbonyl (C=O) groups excluding carboxylic acids is 1. The predicted molar refractivity (Wildman–Crippen MR) is 80.4 cm³/mol. The smallest absolute Gasteiger partial charge is 0.318 e. The Morgan fingerprint density at radius 3 is 3.04 bits per heavy atom. The number of H-pyrrole nitrogens is 1. The van der Waals surface area contributed by atoms with E-state index in [0.717, 1.165) is 15.9 Å². The molecule has 2 N–H and O–H groups in total. The number of benzene rings is 1. The summed E-state index contributed by atoms with van der Waals surface area (Å²) < 4.78 is 31.8. The van der Waals surface area contributed by atoms with E-state index in [1.807, 2.05) is 24.3 Å². The maximum absolute atomic E-state index is 13.5. The van der Waals surface area contributed by atoms with Crippen LogP contribution in [-0.2, 0) is 4.74 Å².